The maximum absolute atomic E-state index is 12.2. The molecule has 0 bridgehead atoms. The third-order valence-electron chi connectivity index (χ3n) is 3.95. The van der Waals surface area contributed by atoms with Crippen molar-refractivity contribution in [1.29, 1.82) is 0 Å². The molecule has 1 aromatic heterocycles. The smallest absolute Gasteiger partial charge is 0.343 e. The molecule has 2 rings (SSSR count). The van der Waals surface area contributed by atoms with E-state index >= 15 is 0 Å². The van der Waals surface area contributed by atoms with Gasteiger partial charge in [0, 0.05) is 13.1 Å². The van der Waals surface area contributed by atoms with Gasteiger partial charge >= 0.3 is 5.69 Å². The molecule has 128 valence electrons. The van der Waals surface area contributed by atoms with Crippen molar-refractivity contribution in [3.63, 3.8) is 0 Å². The lowest BCUT2D eigenvalue weighted by Crippen LogP contribution is -2.32. The van der Waals surface area contributed by atoms with Crippen LogP contribution in [0.1, 0.15) is 52.4 Å². The Morgan fingerprint density at radius 2 is 2.35 bits per heavy atom. The molecule has 0 saturated heterocycles. The highest BCUT2D eigenvalue weighted by Gasteiger charge is 2.18. The molecule has 1 aliphatic carbocycles. The average molecular weight is 338 g/mol. The minimum absolute atomic E-state index is 0.00935. The Bertz CT molecular complexity index is 605. The largest absolute Gasteiger partial charge is 0.355 e. The van der Waals surface area contributed by atoms with Crippen molar-refractivity contribution in [2.45, 2.75) is 69.3 Å². The van der Waals surface area contributed by atoms with Gasteiger partial charge in [-0.05, 0) is 45.4 Å². The molecule has 1 aromatic rings. The molecule has 6 nitrogen and oxygen atoms in total. The number of hydrogen-bond donors (Lipinski definition) is 2. The number of thioether (sulfide) groups is 1. The zero-order chi connectivity index (χ0) is 16.7. The molecule has 0 radical (unpaired) electrons. The lowest BCUT2D eigenvalue weighted by molar-refractivity contribution is -0.120. The van der Waals surface area contributed by atoms with Crippen LogP contribution in [-0.2, 0) is 11.3 Å². The van der Waals surface area contributed by atoms with Gasteiger partial charge < -0.3 is 5.32 Å². The van der Waals surface area contributed by atoms with Crippen LogP contribution in [0.25, 0.3) is 0 Å². The van der Waals surface area contributed by atoms with Gasteiger partial charge in [0.15, 0.2) is 5.16 Å². The highest BCUT2D eigenvalue weighted by atomic mass is 32.2. The molecule has 0 saturated carbocycles. The highest BCUT2D eigenvalue weighted by Crippen LogP contribution is 2.21. The second-order valence-electron chi connectivity index (χ2n) is 5.87. The van der Waals surface area contributed by atoms with E-state index in [-0.39, 0.29) is 16.8 Å². The van der Waals surface area contributed by atoms with Gasteiger partial charge in [0.05, 0.1) is 5.25 Å². The number of carbonyl (C=O) groups excluding carboxylic acids is 1. The third-order valence-corrected chi connectivity index (χ3v) is 5.04. The number of nitrogens with zero attached hydrogens (tertiary/aromatic N) is 2. The molecule has 23 heavy (non-hydrogen) atoms. The van der Waals surface area contributed by atoms with Crippen LogP contribution >= 0.6 is 11.8 Å². The lowest BCUT2D eigenvalue weighted by atomic mass is 9.97. The number of allylic oxidation sites excluding steroid dienone is 1. The van der Waals surface area contributed by atoms with Gasteiger partial charge in [0.2, 0.25) is 5.91 Å². The number of rotatable bonds is 8. The van der Waals surface area contributed by atoms with Gasteiger partial charge in [-0.2, -0.15) is 0 Å². The minimum atomic E-state index is -0.277. The quantitative estimate of drug-likeness (QED) is 0.564. The standard InChI is InChI=1S/C16H26N4O2S/c1-3-11-20-15(22)18-19-16(20)23-12(2)14(21)17-10-9-13-7-5-4-6-8-13/h7,12H,3-6,8-11H2,1-2H3,(H,17,21)(H,18,22)/t12-/m0/s1. The predicted octanol–water partition coefficient (Wildman–Crippen LogP) is 2.47. The molecule has 0 spiro atoms. The van der Waals surface area contributed by atoms with Gasteiger partial charge in [-0.25, -0.2) is 9.89 Å². The molecular weight excluding hydrogens is 312 g/mol. The summed E-state index contributed by atoms with van der Waals surface area (Å²) in [6.45, 7) is 5.14. The first kappa shape index (κ1) is 17.8. The predicted molar refractivity (Wildman–Crippen MR) is 92.6 cm³/mol. The van der Waals surface area contributed by atoms with E-state index in [1.54, 1.807) is 4.57 Å². The second kappa shape index (κ2) is 8.96. The number of H-pyrrole nitrogens is 1. The lowest BCUT2D eigenvalue weighted by Gasteiger charge is -2.15. The number of carbonyl (C=O) groups is 1. The van der Waals surface area contributed by atoms with E-state index in [0.29, 0.717) is 18.2 Å². The fourth-order valence-corrected chi connectivity index (χ4v) is 3.55. The average Bonchev–Trinajstić information content (AvgIpc) is 2.89. The van der Waals surface area contributed by atoms with Crippen LogP contribution < -0.4 is 11.0 Å². The number of aromatic amines is 1. The number of hydrogen-bond acceptors (Lipinski definition) is 4. The van der Waals surface area contributed by atoms with Crippen molar-refractivity contribution >= 4 is 17.7 Å². The Morgan fingerprint density at radius 1 is 1.52 bits per heavy atom. The number of aromatic nitrogens is 3. The van der Waals surface area contributed by atoms with Crippen molar-refractivity contribution in [2.75, 3.05) is 6.54 Å². The van der Waals surface area contributed by atoms with Crippen molar-refractivity contribution in [3.8, 4) is 0 Å². The second-order valence-corrected chi connectivity index (χ2v) is 7.18. The highest BCUT2D eigenvalue weighted by molar-refractivity contribution is 8.00. The molecule has 7 heteroatoms. The number of amides is 1. The van der Waals surface area contributed by atoms with E-state index in [9.17, 15) is 9.59 Å². The van der Waals surface area contributed by atoms with Crippen molar-refractivity contribution in [2.24, 2.45) is 0 Å². The fraction of sp³-hybridized carbons (Fsp3) is 0.688. The maximum atomic E-state index is 12.2. The van der Waals surface area contributed by atoms with Crippen molar-refractivity contribution in [3.05, 3.63) is 22.1 Å². The molecule has 1 aliphatic rings. The summed E-state index contributed by atoms with van der Waals surface area (Å²) in [7, 11) is 0. The third kappa shape index (κ3) is 5.27. The number of nitrogens with one attached hydrogen (secondary N) is 2. The summed E-state index contributed by atoms with van der Waals surface area (Å²) in [6, 6.07) is 0. The Balaban J connectivity index is 1.80. The summed E-state index contributed by atoms with van der Waals surface area (Å²) in [5.41, 5.74) is 1.24. The Labute approximate surface area is 141 Å². The summed E-state index contributed by atoms with van der Waals surface area (Å²) in [5, 5.41) is 9.74. The molecule has 0 unspecified atom stereocenters. The van der Waals surface area contributed by atoms with Crippen molar-refractivity contribution < 1.29 is 4.79 Å². The summed E-state index contributed by atoms with van der Waals surface area (Å²) in [4.78, 5) is 23.8. The van der Waals surface area contributed by atoms with Crippen LogP contribution in [0.15, 0.2) is 21.6 Å². The van der Waals surface area contributed by atoms with Crippen LogP contribution in [0.2, 0.25) is 0 Å². The van der Waals surface area contributed by atoms with E-state index in [1.807, 2.05) is 13.8 Å². The Kier molecular flexibility index (Phi) is 6.95. The van der Waals surface area contributed by atoms with E-state index in [0.717, 1.165) is 19.3 Å². The Hall–Kier alpha value is -1.50. The maximum Gasteiger partial charge on any atom is 0.343 e. The van der Waals surface area contributed by atoms with E-state index in [1.165, 1.54) is 36.6 Å². The summed E-state index contributed by atoms with van der Waals surface area (Å²) in [6.07, 6.45) is 8.98. The fourth-order valence-electron chi connectivity index (χ4n) is 2.65. The molecular formula is C16H26N4O2S. The van der Waals surface area contributed by atoms with Crippen LogP contribution in [0, 0.1) is 0 Å². The SMILES string of the molecule is CCCn1c(S[C@@H](C)C(=O)NCCC2=CCCCC2)n[nH]c1=O. The van der Waals surface area contributed by atoms with E-state index in [4.69, 9.17) is 0 Å². The first-order valence-electron chi connectivity index (χ1n) is 8.39. The molecule has 2 N–H and O–H groups in total. The zero-order valence-corrected chi connectivity index (χ0v) is 14.7. The molecule has 1 atom stereocenters. The van der Waals surface area contributed by atoms with Gasteiger partial charge in [0.25, 0.3) is 0 Å². The normalized spacial score (nSPS) is 16.0. The minimum Gasteiger partial charge on any atom is -0.355 e. The van der Waals surface area contributed by atoms with Crippen molar-refractivity contribution in [1.82, 2.24) is 20.1 Å². The molecule has 1 heterocycles. The molecule has 1 amide bonds. The first-order chi connectivity index (χ1) is 11.1. The molecule has 0 aromatic carbocycles. The monoisotopic (exact) mass is 338 g/mol. The van der Waals surface area contributed by atoms with Crippen LogP contribution in [0.4, 0.5) is 0 Å². The molecule has 0 aliphatic heterocycles. The van der Waals surface area contributed by atoms with Crippen LogP contribution in [0.5, 0.6) is 0 Å². The Morgan fingerprint density at radius 3 is 3.04 bits per heavy atom. The van der Waals surface area contributed by atoms with Crippen LogP contribution in [-0.4, -0.2) is 32.5 Å². The molecule has 0 fully saturated rings. The summed E-state index contributed by atoms with van der Waals surface area (Å²) >= 11 is 1.32. The summed E-state index contributed by atoms with van der Waals surface area (Å²) < 4.78 is 1.58. The topological polar surface area (TPSA) is 79.8 Å². The van der Waals surface area contributed by atoms with Gasteiger partial charge in [-0.1, -0.05) is 30.3 Å². The van der Waals surface area contributed by atoms with Crippen LogP contribution in [0.3, 0.4) is 0 Å². The summed E-state index contributed by atoms with van der Waals surface area (Å²) in [5.74, 6) is -0.00935. The zero-order valence-electron chi connectivity index (χ0n) is 13.9. The first-order valence-corrected chi connectivity index (χ1v) is 9.27. The van der Waals surface area contributed by atoms with Gasteiger partial charge in [-0.15, -0.1) is 5.10 Å². The van der Waals surface area contributed by atoms with E-state index in [2.05, 4.69) is 21.6 Å². The van der Waals surface area contributed by atoms with E-state index < -0.39 is 0 Å². The van der Waals surface area contributed by atoms with Gasteiger partial charge in [0.1, 0.15) is 0 Å². The van der Waals surface area contributed by atoms with Gasteiger partial charge in [-0.3, -0.25) is 9.36 Å².